The number of rotatable bonds is 3. The Hall–Kier alpha value is -2.49. The van der Waals surface area contributed by atoms with Gasteiger partial charge < -0.3 is 4.57 Å². The second kappa shape index (κ2) is 5.13. The van der Waals surface area contributed by atoms with E-state index in [2.05, 4.69) is 0 Å². The predicted molar refractivity (Wildman–Crippen MR) is 77.4 cm³/mol. The molecule has 0 saturated carbocycles. The molecule has 106 valence electrons. The molecule has 3 aromatic rings. The van der Waals surface area contributed by atoms with Crippen molar-refractivity contribution in [1.29, 1.82) is 0 Å². The van der Waals surface area contributed by atoms with Crippen LogP contribution in [0.3, 0.4) is 0 Å². The number of nitrogens with zero attached hydrogens (tertiary/aromatic N) is 1. The molecule has 0 aliphatic heterocycles. The summed E-state index contributed by atoms with van der Waals surface area (Å²) in [6, 6.07) is 10.6. The summed E-state index contributed by atoms with van der Waals surface area (Å²) in [7, 11) is 0. The zero-order chi connectivity index (χ0) is 15.0. The first-order valence-corrected chi connectivity index (χ1v) is 6.59. The van der Waals surface area contributed by atoms with Crippen molar-refractivity contribution < 1.29 is 13.6 Å². The summed E-state index contributed by atoms with van der Waals surface area (Å²) < 4.78 is 28.5. The topological polar surface area (TPSA) is 22.0 Å². The molecular formula is C17H13F2NO. The van der Waals surface area contributed by atoms with Gasteiger partial charge in [0.1, 0.15) is 11.6 Å². The van der Waals surface area contributed by atoms with E-state index in [-0.39, 0.29) is 12.1 Å². The second-order valence-corrected chi connectivity index (χ2v) is 5.00. The van der Waals surface area contributed by atoms with Crippen LogP contribution in [-0.4, -0.2) is 10.4 Å². The molecule has 21 heavy (non-hydrogen) atoms. The molecule has 2 nitrogen and oxygen atoms in total. The number of carbonyl (C=O) groups is 1. The summed E-state index contributed by atoms with van der Waals surface area (Å²) in [5.74, 6) is -1.77. The van der Waals surface area contributed by atoms with Gasteiger partial charge in [-0.15, -0.1) is 0 Å². The number of hydrogen-bond acceptors (Lipinski definition) is 1. The van der Waals surface area contributed by atoms with E-state index >= 15 is 0 Å². The van der Waals surface area contributed by atoms with Crippen LogP contribution in [0.4, 0.5) is 8.78 Å². The van der Waals surface area contributed by atoms with E-state index in [0.717, 1.165) is 34.7 Å². The van der Waals surface area contributed by atoms with Crippen molar-refractivity contribution in [2.75, 3.05) is 0 Å². The monoisotopic (exact) mass is 285 g/mol. The van der Waals surface area contributed by atoms with Crippen LogP contribution in [0.2, 0.25) is 0 Å². The van der Waals surface area contributed by atoms with Crippen molar-refractivity contribution in [3.05, 3.63) is 71.4 Å². The molecule has 0 saturated heterocycles. The molecule has 0 bridgehead atoms. The fourth-order valence-corrected chi connectivity index (χ4v) is 2.47. The van der Waals surface area contributed by atoms with Crippen molar-refractivity contribution in [2.24, 2.45) is 0 Å². The minimum absolute atomic E-state index is 0.0205. The lowest BCUT2D eigenvalue weighted by atomic mass is 10.1. The van der Waals surface area contributed by atoms with Crippen molar-refractivity contribution in [2.45, 2.75) is 13.5 Å². The molecule has 0 aliphatic rings. The summed E-state index contributed by atoms with van der Waals surface area (Å²) in [4.78, 5) is 12.2. The van der Waals surface area contributed by atoms with E-state index in [9.17, 15) is 13.6 Å². The van der Waals surface area contributed by atoms with Crippen LogP contribution in [0.1, 0.15) is 15.9 Å². The van der Waals surface area contributed by atoms with Crippen molar-refractivity contribution in [1.82, 2.24) is 4.57 Å². The highest BCUT2D eigenvalue weighted by atomic mass is 19.1. The van der Waals surface area contributed by atoms with E-state index in [1.807, 2.05) is 31.2 Å². The first kappa shape index (κ1) is 13.5. The Morgan fingerprint density at radius 1 is 1.14 bits per heavy atom. The zero-order valence-electron chi connectivity index (χ0n) is 11.4. The molecule has 2 aromatic carbocycles. The number of aromatic nitrogens is 1. The molecule has 3 rings (SSSR count). The Labute approximate surface area is 120 Å². The number of ketones is 1. The molecule has 0 atom stereocenters. The lowest BCUT2D eigenvalue weighted by Crippen LogP contribution is -2.11. The fourth-order valence-electron chi connectivity index (χ4n) is 2.47. The highest BCUT2D eigenvalue weighted by Crippen LogP contribution is 2.20. The summed E-state index contributed by atoms with van der Waals surface area (Å²) in [5, 5.41) is 1.05. The number of halogens is 2. The van der Waals surface area contributed by atoms with Gasteiger partial charge in [0.05, 0.1) is 12.1 Å². The van der Waals surface area contributed by atoms with Gasteiger partial charge >= 0.3 is 0 Å². The van der Waals surface area contributed by atoms with E-state index in [1.165, 1.54) is 0 Å². The Balaban J connectivity index is 1.97. The first-order chi connectivity index (χ1) is 10.1. The number of carbonyl (C=O) groups excluding carboxylic acids is 1. The summed E-state index contributed by atoms with van der Waals surface area (Å²) in [6.45, 7) is 1.97. The summed E-state index contributed by atoms with van der Waals surface area (Å²) >= 11 is 0. The van der Waals surface area contributed by atoms with Crippen LogP contribution < -0.4 is 0 Å². The molecular weight excluding hydrogens is 272 g/mol. The molecule has 1 aromatic heterocycles. The van der Waals surface area contributed by atoms with E-state index < -0.39 is 17.4 Å². The number of fused-ring (bicyclic) bond motifs is 1. The average molecular weight is 285 g/mol. The molecule has 4 heteroatoms. The van der Waals surface area contributed by atoms with Gasteiger partial charge in [-0.25, -0.2) is 8.78 Å². The van der Waals surface area contributed by atoms with E-state index in [0.29, 0.717) is 0 Å². The average Bonchev–Trinajstić information content (AvgIpc) is 2.86. The Bertz CT molecular complexity index is 836. The smallest absolute Gasteiger partial charge is 0.185 e. The minimum atomic E-state index is -0.700. The summed E-state index contributed by atoms with van der Waals surface area (Å²) in [5.41, 5.74) is 1.79. The van der Waals surface area contributed by atoms with Crippen LogP contribution in [0.5, 0.6) is 0 Å². The Morgan fingerprint density at radius 3 is 2.76 bits per heavy atom. The van der Waals surface area contributed by atoms with E-state index in [4.69, 9.17) is 0 Å². The lowest BCUT2D eigenvalue weighted by Gasteiger charge is -2.06. The fraction of sp³-hybridized carbons (Fsp3) is 0.118. The molecule has 0 N–H and O–H groups in total. The third-order valence-corrected chi connectivity index (χ3v) is 3.57. The third kappa shape index (κ3) is 2.44. The van der Waals surface area contributed by atoms with Crippen molar-refractivity contribution in [3.63, 3.8) is 0 Å². The first-order valence-electron chi connectivity index (χ1n) is 6.59. The number of Topliss-reactive ketones (excluding diaryl/α,β-unsaturated/α-hetero) is 1. The van der Waals surface area contributed by atoms with Gasteiger partial charge in [0.15, 0.2) is 5.78 Å². The lowest BCUT2D eigenvalue weighted by molar-refractivity contribution is 0.0969. The highest BCUT2D eigenvalue weighted by Gasteiger charge is 2.14. The number of aryl methyl sites for hydroxylation is 1. The molecule has 0 fully saturated rings. The van der Waals surface area contributed by atoms with Gasteiger partial charge in [-0.2, -0.15) is 0 Å². The highest BCUT2D eigenvalue weighted by molar-refractivity contribution is 5.97. The second-order valence-electron chi connectivity index (χ2n) is 5.00. The Morgan fingerprint density at radius 2 is 1.95 bits per heavy atom. The molecule has 1 heterocycles. The van der Waals surface area contributed by atoms with E-state index in [1.54, 1.807) is 10.8 Å². The molecule has 0 radical (unpaired) electrons. The van der Waals surface area contributed by atoms with Crippen molar-refractivity contribution >= 4 is 16.7 Å². The zero-order valence-corrected chi connectivity index (χ0v) is 11.4. The van der Waals surface area contributed by atoms with Crippen LogP contribution in [0.15, 0.2) is 48.7 Å². The quantitative estimate of drug-likeness (QED) is 0.664. The molecule has 0 amide bonds. The predicted octanol–water partition coefficient (Wildman–Crippen LogP) is 4.11. The van der Waals surface area contributed by atoms with Crippen LogP contribution in [0.25, 0.3) is 10.9 Å². The number of benzene rings is 2. The van der Waals surface area contributed by atoms with Crippen LogP contribution in [-0.2, 0) is 6.54 Å². The molecule has 0 unspecified atom stereocenters. The number of hydrogen-bond donors (Lipinski definition) is 0. The molecule has 0 aliphatic carbocycles. The van der Waals surface area contributed by atoms with Gasteiger partial charge in [-0.3, -0.25) is 4.79 Å². The van der Waals surface area contributed by atoms with Crippen molar-refractivity contribution in [3.8, 4) is 0 Å². The SMILES string of the molecule is Cc1cccc2c1ccn2CC(=O)c1cc(F)ccc1F. The van der Waals surface area contributed by atoms with Gasteiger partial charge in [0.25, 0.3) is 0 Å². The van der Waals surface area contributed by atoms with Gasteiger partial charge in [0.2, 0.25) is 0 Å². The minimum Gasteiger partial charge on any atom is -0.340 e. The largest absolute Gasteiger partial charge is 0.340 e. The van der Waals surface area contributed by atoms with Gasteiger partial charge in [-0.05, 0) is 42.8 Å². The van der Waals surface area contributed by atoms with Crippen LogP contribution >= 0.6 is 0 Å². The maximum Gasteiger partial charge on any atom is 0.185 e. The standard InChI is InChI=1S/C17H13F2NO/c1-11-3-2-4-16-13(11)7-8-20(16)10-17(21)14-9-12(18)5-6-15(14)19/h2-9H,10H2,1H3. The summed E-state index contributed by atoms with van der Waals surface area (Å²) in [6.07, 6.45) is 1.78. The van der Waals surface area contributed by atoms with Gasteiger partial charge in [-0.1, -0.05) is 12.1 Å². The molecule has 0 spiro atoms. The third-order valence-electron chi connectivity index (χ3n) is 3.57. The maximum absolute atomic E-state index is 13.6. The van der Waals surface area contributed by atoms with Crippen LogP contribution in [0, 0.1) is 18.6 Å². The van der Waals surface area contributed by atoms with Gasteiger partial charge in [0, 0.05) is 17.1 Å². The maximum atomic E-state index is 13.6. The normalized spacial score (nSPS) is 11.0. The Kier molecular flexibility index (Phi) is 3.29.